The highest BCUT2D eigenvalue weighted by molar-refractivity contribution is 4.92. The van der Waals surface area contributed by atoms with E-state index in [1.165, 1.54) is 25.3 Å². The number of hydrogen-bond acceptors (Lipinski definition) is 3. The summed E-state index contributed by atoms with van der Waals surface area (Å²) in [4.78, 5) is 6.91. The average Bonchev–Trinajstić information content (AvgIpc) is 2.86. The highest BCUT2D eigenvalue weighted by Gasteiger charge is 2.24. The molecule has 1 saturated heterocycles. The molecule has 0 radical (unpaired) electrons. The summed E-state index contributed by atoms with van der Waals surface area (Å²) in [6.07, 6.45) is 5.20. The van der Waals surface area contributed by atoms with E-state index in [-0.39, 0.29) is 5.54 Å². The van der Waals surface area contributed by atoms with Gasteiger partial charge in [0.15, 0.2) is 0 Å². The van der Waals surface area contributed by atoms with E-state index in [1.54, 1.807) is 0 Å². The van der Waals surface area contributed by atoms with Crippen LogP contribution in [0, 0.1) is 5.92 Å². The highest BCUT2D eigenvalue weighted by atomic mass is 15.2. The monoisotopic (exact) mass is 250 g/mol. The fourth-order valence-electron chi connectivity index (χ4n) is 2.42. The molecule has 1 N–H and O–H groups in total. The fourth-order valence-corrected chi connectivity index (χ4v) is 2.42. The molecule has 1 aliphatic heterocycles. The second-order valence-electron chi connectivity index (χ2n) is 6.48. The van der Waals surface area contributed by atoms with Gasteiger partial charge < -0.3 is 9.88 Å². The number of rotatable bonds is 4. The Morgan fingerprint density at radius 2 is 2.22 bits per heavy atom. The topological polar surface area (TPSA) is 33.1 Å². The van der Waals surface area contributed by atoms with Crippen LogP contribution in [-0.2, 0) is 13.6 Å². The van der Waals surface area contributed by atoms with Gasteiger partial charge in [-0.1, -0.05) is 0 Å². The van der Waals surface area contributed by atoms with Crippen LogP contribution in [-0.4, -0.2) is 39.6 Å². The number of imidazole rings is 1. The molecular weight excluding hydrogens is 224 g/mol. The number of nitrogens with one attached hydrogen (secondary N) is 1. The van der Waals surface area contributed by atoms with E-state index in [2.05, 4.69) is 47.6 Å². The van der Waals surface area contributed by atoms with Crippen molar-refractivity contribution in [2.45, 2.75) is 39.3 Å². The maximum absolute atomic E-state index is 4.40. The highest BCUT2D eigenvalue weighted by Crippen LogP contribution is 2.18. The first-order valence-corrected chi connectivity index (χ1v) is 6.87. The predicted octanol–water partition coefficient (Wildman–Crippen LogP) is 1.63. The van der Waals surface area contributed by atoms with Gasteiger partial charge >= 0.3 is 0 Å². The van der Waals surface area contributed by atoms with Gasteiger partial charge in [0.1, 0.15) is 5.82 Å². The molecule has 0 aromatic carbocycles. The Hall–Kier alpha value is -0.870. The van der Waals surface area contributed by atoms with Crippen LogP contribution in [0.5, 0.6) is 0 Å². The van der Waals surface area contributed by atoms with Crippen molar-refractivity contribution in [3.8, 4) is 0 Å². The molecule has 1 aromatic heterocycles. The summed E-state index contributed by atoms with van der Waals surface area (Å²) in [5, 5.41) is 3.61. The zero-order valence-corrected chi connectivity index (χ0v) is 12.1. The molecule has 1 atom stereocenters. The Bertz CT molecular complexity index is 377. The summed E-state index contributed by atoms with van der Waals surface area (Å²) in [5.74, 6) is 1.95. The lowest BCUT2D eigenvalue weighted by Gasteiger charge is -2.23. The lowest BCUT2D eigenvalue weighted by Crippen LogP contribution is -2.39. The van der Waals surface area contributed by atoms with Gasteiger partial charge in [0.25, 0.3) is 0 Å². The minimum Gasteiger partial charge on any atom is -0.337 e. The van der Waals surface area contributed by atoms with Crippen LogP contribution >= 0.6 is 0 Å². The Labute approximate surface area is 110 Å². The van der Waals surface area contributed by atoms with E-state index in [0.29, 0.717) is 0 Å². The number of hydrogen-bond donors (Lipinski definition) is 1. The smallest absolute Gasteiger partial charge is 0.122 e. The summed E-state index contributed by atoms with van der Waals surface area (Å²) in [7, 11) is 2.07. The summed E-state index contributed by atoms with van der Waals surface area (Å²) in [6, 6.07) is 0. The van der Waals surface area contributed by atoms with Crippen molar-refractivity contribution in [1.82, 2.24) is 19.8 Å². The third kappa shape index (κ3) is 3.82. The van der Waals surface area contributed by atoms with E-state index < -0.39 is 0 Å². The molecule has 0 bridgehead atoms. The van der Waals surface area contributed by atoms with Crippen molar-refractivity contribution >= 4 is 0 Å². The quantitative estimate of drug-likeness (QED) is 0.882. The maximum Gasteiger partial charge on any atom is 0.122 e. The van der Waals surface area contributed by atoms with Gasteiger partial charge in [-0.3, -0.25) is 4.90 Å². The largest absolute Gasteiger partial charge is 0.337 e. The van der Waals surface area contributed by atoms with Crippen LogP contribution in [0.2, 0.25) is 0 Å². The van der Waals surface area contributed by atoms with E-state index in [1.807, 2.05) is 12.4 Å². The molecule has 1 aromatic rings. The Kier molecular flexibility index (Phi) is 4.07. The van der Waals surface area contributed by atoms with Crippen molar-refractivity contribution in [2.75, 3.05) is 19.6 Å². The standard InChI is InChI=1S/C14H26N4/c1-14(2,3)16-9-12-5-7-18(10-12)11-13-15-6-8-17(13)4/h6,8,12,16H,5,7,9-11H2,1-4H3. The lowest BCUT2D eigenvalue weighted by atomic mass is 10.1. The maximum atomic E-state index is 4.40. The molecule has 18 heavy (non-hydrogen) atoms. The second kappa shape index (κ2) is 5.41. The summed E-state index contributed by atoms with van der Waals surface area (Å²) < 4.78 is 2.11. The van der Waals surface area contributed by atoms with E-state index in [9.17, 15) is 0 Å². The zero-order chi connectivity index (χ0) is 13.2. The van der Waals surface area contributed by atoms with E-state index in [0.717, 1.165) is 19.0 Å². The molecule has 4 nitrogen and oxygen atoms in total. The molecular formula is C14H26N4. The van der Waals surface area contributed by atoms with Crippen molar-refractivity contribution in [2.24, 2.45) is 13.0 Å². The third-order valence-electron chi connectivity index (χ3n) is 3.58. The number of aryl methyl sites for hydroxylation is 1. The van der Waals surface area contributed by atoms with Crippen molar-refractivity contribution in [3.63, 3.8) is 0 Å². The second-order valence-corrected chi connectivity index (χ2v) is 6.48. The van der Waals surface area contributed by atoms with Crippen LogP contribution in [0.15, 0.2) is 12.4 Å². The first-order chi connectivity index (χ1) is 8.44. The molecule has 0 amide bonds. The minimum absolute atomic E-state index is 0.229. The van der Waals surface area contributed by atoms with Gasteiger partial charge in [-0.15, -0.1) is 0 Å². The van der Waals surface area contributed by atoms with Crippen molar-refractivity contribution < 1.29 is 0 Å². The van der Waals surface area contributed by atoms with Crippen LogP contribution in [0.3, 0.4) is 0 Å². The molecule has 102 valence electrons. The Morgan fingerprint density at radius 3 is 2.83 bits per heavy atom. The summed E-state index contributed by atoms with van der Waals surface area (Å²) in [5.41, 5.74) is 0.229. The predicted molar refractivity (Wildman–Crippen MR) is 74.3 cm³/mol. The lowest BCUT2D eigenvalue weighted by molar-refractivity contribution is 0.296. The molecule has 4 heteroatoms. The molecule has 2 heterocycles. The molecule has 0 spiro atoms. The summed E-state index contributed by atoms with van der Waals surface area (Å²) >= 11 is 0. The molecule has 0 saturated carbocycles. The normalized spacial score (nSPS) is 21.7. The minimum atomic E-state index is 0.229. The van der Waals surface area contributed by atoms with Gasteiger partial charge in [-0.2, -0.15) is 0 Å². The molecule has 1 unspecified atom stereocenters. The van der Waals surface area contributed by atoms with Crippen molar-refractivity contribution in [3.05, 3.63) is 18.2 Å². The molecule has 0 aliphatic carbocycles. The van der Waals surface area contributed by atoms with Crippen LogP contribution in [0.4, 0.5) is 0 Å². The Morgan fingerprint density at radius 1 is 1.44 bits per heavy atom. The van der Waals surface area contributed by atoms with Crippen LogP contribution in [0.25, 0.3) is 0 Å². The van der Waals surface area contributed by atoms with Gasteiger partial charge in [-0.05, 0) is 46.2 Å². The van der Waals surface area contributed by atoms with Gasteiger partial charge in [0.2, 0.25) is 0 Å². The molecule has 2 rings (SSSR count). The zero-order valence-electron chi connectivity index (χ0n) is 12.1. The van der Waals surface area contributed by atoms with Gasteiger partial charge in [0, 0.05) is 31.5 Å². The first-order valence-electron chi connectivity index (χ1n) is 6.87. The Balaban J connectivity index is 1.77. The number of aromatic nitrogens is 2. The van der Waals surface area contributed by atoms with Crippen LogP contribution in [0.1, 0.15) is 33.0 Å². The number of nitrogens with zero attached hydrogens (tertiary/aromatic N) is 3. The van der Waals surface area contributed by atoms with Gasteiger partial charge in [0.05, 0.1) is 6.54 Å². The molecule has 1 aliphatic rings. The fraction of sp³-hybridized carbons (Fsp3) is 0.786. The SMILES string of the molecule is Cn1ccnc1CN1CCC(CNC(C)(C)C)C1. The third-order valence-corrected chi connectivity index (χ3v) is 3.58. The van der Waals surface area contributed by atoms with Crippen molar-refractivity contribution in [1.29, 1.82) is 0 Å². The number of likely N-dealkylation sites (tertiary alicyclic amines) is 1. The summed E-state index contributed by atoms with van der Waals surface area (Å²) in [6.45, 7) is 11.2. The average molecular weight is 250 g/mol. The van der Waals surface area contributed by atoms with E-state index >= 15 is 0 Å². The van der Waals surface area contributed by atoms with Gasteiger partial charge in [-0.25, -0.2) is 4.98 Å². The van der Waals surface area contributed by atoms with E-state index in [4.69, 9.17) is 0 Å². The first kappa shape index (κ1) is 13.6. The van der Waals surface area contributed by atoms with Crippen LogP contribution < -0.4 is 5.32 Å². The molecule has 1 fully saturated rings.